The molecule has 3 heteroatoms. The van der Waals surface area contributed by atoms with Gasteiger partial charge >= 0.3 is 0 Å². The zero-order chi connectivity index (χ0) is 3.54. The SMILES string of the molecule is C1NCNN1. The Labute approximate surface area is 30.7 Å². The van der Waals surface area contributed by atoms with Crippen molar-refractivity contribution < 1.29 is 0 Å². The average molecular weight is 73.1 g/mol. The van der Waals surface area contributed by atoms with Gasteiger partial charge in [-0.1, -0.05) is 0 Å². The van der Waals surface area contributed by atoms with E-state index in [1.807, 2.05) is 0 Å². The topological polar surface area (TPSA) is 36.1 Å². The van der Waals surface area contributed by atoms with E-state index in [1.165, 1.54) is 0 Å². The molecule has 0 unspecified atom stereocenters. The molecule has 0 aliphatic carbocycles. The minimum Gasteiger partial charge on any atom is -0.290 e. The summed E-state index contributed by atoms with van der Waals surface area (Å²) in [6, 6.07) is 0. The van der Waals surface area contributed by atoms with Crippen LogP contribution in [0.3, 0.4) is 0 Å². The Morgan fingerprint density at radius 1 is 1.00 bits per heavy atom. The van der Waals surface area contributed by atoms with Crippen molar-refractivity contribution in [2.45, 2.75) is 0 Å². The second kappa shape index (κ2) is 1.35. The molecule has 0 aromatic carbocycles. The molecule has 0 aromatic heterocycles. The molecule has 0 saturated carbocycles. The fourth-order valence-electron chi connectivity index (χ4n) is 0.312. The summed E-state index contributed by atoms with van der Waals surface area (Å²) in [6.07, 6.45) is 0. The average Bonchev–Trinajstić information content (AvgIpc) is 1.76. The van der Waals surface area contributed by atoms with E-state index in [2.05, 4.69) is 16.2 Å². The summed E-state index contributed by atoms with van der Waals surface area (Å²) in [6.45, 7) is 1.78. The molecule has 5 heavy (non-hydrogen) atoms. The van der Waals surface area contributed by atoms with Crippen LogP contribution < -0.4 is 16.2 Å². The molecule has 0 aromatic rings. The van der Waals surface area contributed by atoms with Gasteiger partial charge in [0.1, 0.15) is 0 Å². The summed E-state index contributed by atoms with van der Waals surface area (Å²) in [7, 11) is 0. The summed E-state index contributed by atoms with van der Waals surface area (Å²) < 4.78 is 0. The third kappa shape index (κ3) is 0.576. The van der Waals surface area contributed by atoms with Gasteiger partial charge in [-0.15, -0.1) is 0 Å². The lowest BCUT2D eigenvalue weighted by molar-refractivity contribution is 0.689. The molecule has 3 N–H and O–H groups in total. The summed E-state index contributed by atoms with van der Waals surface area (Å²) in [5.74, 6) is 0. The van der Waals surface area contributed by atoms with Crippen LogP contribution in [0.25, 0.3) is 0 Å². The molecule has 1 aliphatic rings. The van der Waals surface area contributed by atoms with E-state index in [1.54, 1.807) is 0 Å². The monoisotopic (exact) mass is 73.1 g/mol. The van der Waals surface area contributed by atoms with Gasteiger partial charge in [0, 0.05) is 0 Å². The van der Waals surface area contributed by atoms with Gasteiger partial charge in [-0.3, -0.25) is 5.32 Å². The maximum Gasteiger partial charge on any atom is 0.0600 e. The third-order valence-electron chi connectivity index (χ3n) is 0.552. The highest BCUT2D eigenvalue weighted by atomic mass is 15.5. The van der Waals surface area contributed by atoms with Gasteiger partial charge in [0.25, 0.3) is 0 Å². The molecule has 1 fully saturated rings. The van der Waals surface area contributed by atoms with Crippen LogP contribution in [0.2, 0.25) is 0 Å². The molecule has 1 rings (SSSR count). The lowest BCUT2D eigenvalue weighted by Crippen LogP contribution is -2.21. The highest BCUT2D eigenvalue weighted by Gasteiger charge is 1.88. The number of hydrazine groups is 1. The first-order valence-corrected chi connectivity index (χ1v) is 1.66. The highest BCUT2D eigenvalue weighted by Crippen LogP contribution is 1.52. The molecule has 1 heterocycles. The van der Waals surface area contributed by atoms with Gasteiger partial charge in [-0.2, -0.15) is 0 Å². The van der Waals surface area contributed by atoms with Gasteiger partial charge < -0.3 is 0 Å². The van der Waals surface area contributed by atoms with Gasteiger partial charge in [0.15, 0.2) is 0 Å². The Morgan fingerprint density at radius 3 is 1.80 bits per heavy atom. The van der Waals surface area contributed by atoms with E-state index in [-0.39, 0.29) is 0 Å². The Balaban J connectivity index is 2.08. The fraction of sp³-hybridized carbons (Fsp3) is 1.00. The standard InChI is InChI=1S/C2H7N3/c1-3-2-5-4-1/h3-5H,1-2H2. The summed E-state index contributed by atoms with van der Waals surface area (Å²) in [5.41, 5.74) is 5.72. The van der Waals surface area contributed by atoms with E-state index < -0.39 is 0 Å². The molecular weight excluding hydrogens is 66.0 g/mol. The Hall–Kier alpha value is -0.120. The number of hydrogen-bond acceptors (Lipinski definition) is 3. The maximum atomic E-state index is 3.00. The molecule has 0 atom stereocenters. The minimum atomic E-state index is 0.889. The Bertz CT molecular complexity index is 16.5. The molecule has 1 saturated heterocycles. The van der Waals surface area contributed by atoms with Gasteiger partial charge in [-0.05, 0) is 0 Å². The molecule has 0 spiro atoms. The summed E-state index contributed by atoms with van der Waals surface area (Å²) in [5, 5.41) is 3.00. The first-order chi connectivity index (χ1) is 2.50. The maximum absolute atomic E-state index is 3.00. The van der Waals surface area contributed by atoms with E-state index in [0.29, 0.717) is 0 Å². The van der Waals surface area contributed by atoms with E-state index >= 15 is 0 Å². The molecule has 0 amide bonds. The zero-order valence-corrected chi connectivity index (χ0v) is 2.91. The normalized spacial score (nSPS) is 24.0. The van der Waals surface area contributed by atoms with Crippen LogP contribution in [0.5, 0.6) is 0 Å². The van der Waals surface area contributed by atoms with Crippen molar-refractivity contribution in [1.82, 2.24) is 16.2 Å². The van der Waals surface area contributed by atoms with Crippen molar-refractivity contribution in [3.05, 3.63) is 0 Å². The zero-order valence-electron chi connectivity index (χ0n) is 2.91. The number of nitrogens with one attached hydrogen (secondary N) is 3. The number of hydrogen-bond donors (Lipinski definition) is 3. The molecule has 1 aliphatic heterocycles. The highest BCUT2D eigenvalue weighted by molar-refractivity contribution is 4.43. The molecule has 0 bridgehead atoms. The molecule has 0 radical (unpaired) electrons. The van der Waals surface area contributed by atoms with Gasteiger partial charge in [0.05, 0.1) is 13.3 Å². The fourth-order valence-corrected chi connectivity index (χ4v) is 0.312. The van der Waals surface area contributed by atoms with Crippen molar-refractivity contribution in [3.8, 4) is 0 Å². The van der Waals surface area contributed by atoms with Crippen molar-refractivity contribution >= 4 is 0 Å². The first kappa shape index (κ1) is 3.08. The van der Waals surface area contributed by atoms with Crippen LogP contribution in [0.1, 0.15) is 0 Å². The molecule has 3 nitrogen and oxygen atoms in total. The molecule has 30 valence electrons. The minimum absolute atomic E-state index is 0.889. The second-order valence-electron chi connectivity index (χ2n) is 0.957. The first-order valence-electron chi connectivity index (χ1n) is 1.66. The quantitative estimate of drug-likeness (QED) is 0.330. The second-order valence-corrected chi connectivity index (χ2v) is 0.957. The van der Waals surface area contributed by atoms with Crippen LogP contribution in [0.4, 0.5) is 0 Å². The lowest BCUT2D eigenvalue weighted by Gasteiger charge is -1.78. The lowest BCUT2D eigenvalue weighted by atomic mass is 11.1. The van der Waals surface area contributed by atoms with E-state index in [0.717, 1.165) is 13.3 Å². The van der Waals surface area contributed by atoms with Gasteiger partial charge in [0.2, 0.25) is 0 Å². The van der Waals surface area contributed by atoms with Crippen LogP contribution in [0.15, 0.2) is 0 Å². The van der Waals surface area contributed by atoms with Crippen LogP contribution in [-0.4, -0.2) is 13.3 Å². The summed E-state index contributed by atoms with van der Waals surface area (Å²) in [4.78, 5) is 0. The van der Waals surface area contributed by atoms with Crippen molar-refractivity contribution in [1.29, 1.82) is 0 Å². The van der Waals surface area contributed by atoms with Crippen molar-refractivity contribution in [2.75, 3.05) is 13.3 Å². The van der Waals surface area contributed by atoms with Crippen molar-refractivity contribution in [3.63, 3.8) is 0 Å². The Kier molecular flexibility index (Phi) is 0.834. The smallest absolute Gasteiger partial charge is 0.0600 e. The third-order valence-corrected chi connectivity index (χ3v) is 0.552. The largest absolute Gasteiger partial charge is 0.290 e. The van der Waals surface area contributed by atoms with Crippen LogP contribution in [-0.2, 0) is 0 Å². The van der Waals surface area contributed by atoms with Crippen LogP contribution >= 0.6 is 0 Å². The van der Waals surface area contributed by atoms with Crippen LogP contribution in [0, 0.1) is 0 Å². The Morgan fingerprint density at radius 2 is 1.60 bits per heavy atom. The van der Waals surface area contributed by atoms with E-state index in [4.69, 9.17) is 0 Å². The van der Waals surface area contributed by atoms with Gasteiger partial charge in [-0.25, -0.2) is 10.9 Å². The van der Waals surface area contributed by atoms with Crippen molar-refractivity contribution in [2.24, 2.45) is 0 Å². The van der Waals surface area contributed by atoms with E-state index in [9.17, 15) is 0 Å². The molecular formula is C2H7N3. The number of rotatable bonds is 0. The predicted molar refractivity (Wildman–Crippen MR) is 19.1 cm³/mol. The summed E-state index contributed by atoms with van der Waals surface area (Å²) >= 11 is 0. The predicted octanol–water partition coefficient (Wildman–Crippen LogP) is -1.40.